The maximum Gasteiger partial charge on any atom is 0.338 e. The normalized spacial score (nSPS) is 14.8. The zero-order valence-electron chi connectivity index (χ0n) is 23.2. The number of fused-ring (bicyclic) bond motifs is 1. The number of halogens is 2. The van der Waals surface area contributed by atoms with E-state index in [1.807, 2.05) is 25.1 Å². The molecule has 0 saturated heterocycles. The summed E-state index contributed by atoms with van der Waals surface area (Å²) < 4.78 is 26.4. The van der Waals surface area contributed by atoms with Crippen molar-refractivity contribution in [2.75, 3.05) is 27.4 Å². The van der Waals surface area contributed by atoms with E-state index in [-0.39, 0.29) is 12.2 Å². The van der Waals surface area contributed by atoms with Gasteiger partial charge in [0.25, 0.3) is 5.56 Å². The number of rotatable bonds is 11. The van der Waals surface area contributed by atoms with Crippen molar-refractivity contribution in [3.8, 4) is 17.2 Å². The third kappa shape index (κ3) is 6.56. The Kier molecular flexibility index (Phi) is 10.7. The molecule has 1 atom stereocenters. The number of hydrogen-bond acceptors (Lipinski definition) is 8. The molecule has 1 aromatic heterocycles. The van der Waals surface area contributed by atoms with E-state index in [4.69, 9.17) is 23.9 Å². The number of methoxy groups -OCH3 is 2. The van der Waals surface area contributed by atoms with Gasteiger partial charge in [-0.3, -0.25) is 9.36 Å². The second kappa shape index (κ2) is 14.0. The standard InChI is InChI=1S/C30H30I2N2O6S/c1-6-9-22-25(29(36)39-8-3)26(19-16-18(37-4)10-11-23(19)38-5)34-28(35)24(41-30(34)33-22)15-17-13-20(31)27(21(32)14-17)40-12-7-2/h7,10-11,13-16,26H,2,6,8-9,12H2,1,3-5H3/b24-15-/t26-/m1/s1. The monoisotopic (exact) mass is 800 g/mol. The summed E-state index contributed by atoms with van der Waals surface area (Å²) >= 11 is 5.74. The van der Waals surface area contributed by atoms with Crippen LogP contribution in [-0.4, -0.2) is 38.0 Å². The van der Waals surface area contributed by atoms with Gasteiger partial charge in [0.05, 0.1) is 43.8 Å². The van der Waals surface area contributed by atoms with Crippen molar-refractivity contribution in [3.63, 3.8) is 0 Å². The van der Waals surface area contributed by atoms with Gasteiger partial charge in [0.2, 0.25) is 0 Å². The maximum absolute atomic E-state index is 14.1. The quantitative estimate of drug-likeness (QED) is 0.147. The molecule has 0 N–H and O–H groups in total. The van der Waals surface area contributed by atoms with Gasteiger partial charge in [0.1, 0.15) is 29.9 Å². The van der Waals surface area contributed by atoms with Gasteiger partial charge in [-0.1, -0.05) is 37.3 Å². The van der Waals surface area contributed by atoms with Gasteiger partial charge in [-0.15, -0.1) is 0 Å². The summed E-state index contributed by atoms with van der Waals surface area (Å²) in [5.41, 5.74) is 2.12. The second-order valence-corrected chi connectivity index (χ2v) is 12.3. The Bertz CT molecular complexity index is 1670. The van der Waals surface area contributed by atoms with E-state index in [0.717, 1.165) is 24.9 Å². The summed E-state index contributed by atoms with van der Waals surface area (Å²) in [6.45, 7) is 8.09. The van der Waals surface area contributed by atoms with Crippen LogP contribution in [-0.2, 0) is 9.53 Å². The predicted octanol–water partition coefficient (Wildman–Crippen LogP) is 5.37. The average Bonchev–Trinajstić information content (AvgIpc) is 3.25. The molecule has 1 aliphatic rings. The van der Waals surface area contributed by atoms with Gasteiger partial charge in [-0.2, -0.15) is 0 Å². The molecule has 8 nitrogen and oxygen atoms in total. The Morgan fingerprint density at radius 2 is 1.88 bits per heavy atom. The summed E-state index contributed by atoms with van der Waals surface area (Å²) in [7, 11) is 3.12. The number of esters is 1. The van der Waals surface area contributed by atoms with Crippen LogP contribution in [0.3, 0.4) is 0 Å². The van der Waals surface area contributed by atoms with Crippen molar-refractivity contribution in [3.05, 3.63) is 92.2 Å². The van der Waals surface area contributed by atoms with Crippen LogP contribution < -0.4 is 29.1 Å². The number of thiazole rings is 1. The SMILES string of the molecule is C=CCOc1c(I)cc(/C=c2\sc3n(c2=O)[C@H](c2cc(OC)ccc2OC)C(C(=O)OCC)=C(CCC)N=3)cc1I. The Balaban J connectivity index is 2.00. The van der Waals surface area contributed by atoms with Gasteiger partial charge in [-0.05, 0) is 100 Å². The molecule has 0 amide bonds. The van der Waals surface area contributed by atoms with E-state index in [9.17, 15) is 9.59 Å². The molecule has 0 saturated carbocycles. The van der Waals surface area contributed by atoms with Crippen LogP contribution in [0.5, 0.6) is 17.2 Å². The van der Waals surface area contributed by atoms with Crippen molar-refractivity contribution in [1.29, 1.82) is 0 Å². The lowest BCUT2D eigenvalue weighted by Gasteiger charge is -2.27. The zero-order valence-corrected chi connectivity index (χ0v) is 28.3. The minimum Gasteiger partial charge on any atom is -0.497 e. The highest BCUT2D eigenvalue weighted by Crippen LogP contribution is 2.39. The van der Waals surface area contributed by atoms with Gasteiger partial charge in [0, 0.05) is 5.56 Å². The summed E-state index contributed by atoms with van der Waals surface area (Å²) in [4.78, 5) is 32.9. The number of carbonyl (C=O) groups is 1. The van der Waals surface area contributed by atoms with Crippen LogP contribution in [0.2, 0.25) is 0 Å². The Morgan fingerprint density at radius 3 is 2.49 bits per heavy atom. The van der Waals surface area contributed by atoms with Crippen LogP contribution in [0, 0.1) is 7.14 Å². The lowest BCUT2D eigenvalue weighted by molar-refractivity contribution is -0.139. The van der Waals surface area contributed by atoms with Crippen LogP contribution in [0.4, 0.5) is 0 Å². The molecule has 2 aromatic carbocycles. The van der Waals surface area contributed by atoms with E-state index in [1.54, 1.807) is 50.0 Å². The first kappa shape index (κ1) is 31.3. The first-order valence-corrected chi connectivity index (χ1v) is 15.9. The average molecular weight is 800 g/mol. The van der Waals surface area contributed by atoms with E-state index in [1.165, 1.54) is 11.3 Å². The highest BCUT2D eigenvalue weighted by Gasteiger charge is 2.36. The molecular weight excluding hydrogens is 770 g/mol. The van der Waals surface area contributed by atoms with Crippen molar-refractivity contribution < 1.29 is 23.7 Å². The molecule has 11 heteroatoms. The molecule has 0 fully saturated rings. The molecule has 41 heavy (non-hydrogen) atoms. The Morgan fingerprint density at radius 1 is 1.15 bits per heavy atom. The zero-order chi connectivity index (χ0) is 29.7. The van der Waals surface area contributed by atoms with E-state index in [0.29, 0.717) is 50.7 Å². The van der Waals surface area contributed by atoms with Crippen molar-refractivity contribution in [1.82, 2.24) is 4.57 Å². The van der Waals surface area contributed by atoms with E-state index < -0.39 is 12.0 Å². The molecule has 0 radical (unpaired) electrons. The summed E-state index contributed by atoms with van der Waals surface area (Å²) in [5, 5.41) is 0. The number of benzene rings is 2. The molecule has 0 spiro atoms. The number of hydrogen-bond donors (Lipinski definition) is 0. The summed E-state index contributed by atoms with van der Waals surface area (Å²) in [5.74, 6) is 1.36. The first-order valence-electron chi connectivity index (χ1n) is 12.9. The maximum atomic E-state index is 14.1. The van der Waals surface area contributed by atoms with Crippen LogP contribution in [0.15, 0.2) is 64.0 Å². The number of nitrogens with zero attached hydrogens (tertiary/aromatic N) is 2. The molecular formula is C30H30I2N2O6S. The van der Waals surface area contributed by atoms with Gasteiger partial charge in [-0.25, -0.2) is 9.79 Å². The number of allylic oxidation sites excluding steroid dienone is 1. The molecule has 0 bridgehead atoms. The fourth-order valence-electron chi connectivity index (χ4n) is 4.56. The van der Waals surface area contributed by atoms with Crippen molar-refractivity contribution in [2.24, 2.45) is 4.99 Å². The lowest BCUT2D eigenvalue weighted by atomic mass is 9.93. The highest BCUT2D eigenvalue weighted by atomic mass is 127. The molecule has 0 unspecified atom stereocenters. The van der Waals surface area contributed by atoms with Crippen molar-refractivity contribution in [2.45, 2.75) is 32.7 Å². The Labute approximate surface area is 269 Å². The predicted molar refractivity (Wildman–Crippen MR) is 177 cm³/mol. The van der Waals surface area contributed by atoms with Crippen LogP contribution in [0.25, 0.3) is 6.08 Å². The smallest absolute Gasteiger partial charge is 0.338 e. The molecule has 216 valence electrons. The van der Waals surface area contributed by atoms with Crippen molar-refractivity contribution >= 4 is 68.6 Å². The minimum absolute atomic E-state index is 0.192. The molecule has 3 aromatic rings. The Hall–Kier alpha value is -2.65. The van der Waals surface area contributed by atoms with Gasteiger partial charge in [0.15, 0.2) is 4.80 Å². The molecule has 0 aliphatic carbocycles. The van der Waals surface area contributed by atoms with E-state index in [2.05, 4.69) is 51.8 Å². The third-order valence-electron chi connectivity index (χ3n) is 6.29. The number of aromatic nitrogens is 1. The third-order valence-corrected chi connectivity index (χ3v) is 8.87. The summed E-state index contributed by atoms with van der Waals surface area (Å²) in [6.07, 6.45) is 4.85. The van der Waals surface area contributed by atoms with Gasteiger partial charge < -0.3 is 18.9 Å². The highest BCUT2D eigenvalue weighted by molar-refractivity contribution is 14.1. The topological polar surface area (TPSA) is 88.3 Å². The first-order chi connectivity index (χ1) is 19.8. The largest absolute Gasteiger partial charge is 0.497 e. The van der Waals surface area contributed by atoms with E-state index >= 15 is 0 Å². The van der Waals surface area contributed by atoms with Gasteiger partial charge >= 0.3 is 5.97 Å². The second-order valence-electron chi connectivity index (χ2n) is 8.93. The fraction of sp³-hybridized carbons (Fsp3) is 0.300. The summed E-state index contributed by atoms with van der Waals surface area (Å²) in [6, 6.07) is 8.46. The lowest BCUT2D eigenvalue weighted by Crippen LogP contribution is -2.40. The number of carbonyl (C=O) groups excluding carboxylic acids is 1. The molecule has 4 rings (SSSR count). The minimum atomic E-state index is -0.811. The number of ether oxygens (including phenoxy) is 4. The van der Waals surface area contributed by atoms with Crippen LogP contribution in [0.1, 0.15) is 43.9 Å². The molecule has 1 aliphatic heterocycles. The fourth-order valence-corrected chi connectivity index (χ4v) is 7.71. The van der Waals surface area contributed by atoms with Crippen LogP contribution >= 0.6 is 56.5 Å². The molecule has 2 heterocycles.